The summed E-state index contributed by atoms with van der Waals surface area (Å²) in [5, 5.41) is 4.84. The van der Waals surface area contributed by atoms with Crippen LogP contribution in [0.1, 0.15) is 6.92 Å². The Morgan fingerprint density at radius 1 is 1.25 bits per heavy atom. The van der Waals surface area contributed by atoms with Crippen LogP contribution in [0.2, 0.25) is 0 Å². The summed E-state index contributed by atoms with van der Waals surface area (Å²) in [5.74, 6) is -4.50. The van der Waals surface area contributed by atoms with Crippen molar-refractivity contribution in [1.82, 2.24) is 5.32 Å². The minimum Gasteiger partial charge on any atom is -0.374 e. The van der Waals surface area contributed by atoms with Crippen LogP contribution in [0.15, 0.2) is 12.1 Å². The quantitative estimate of drug-likeness (QED) is 0.775. The number of rotatable bonds is 4. The van der Waals surface area contributed by atoms with Crippen molar-refractivity contribution in [1.29, 1.82) is 0 Å². The van der Waals surface area contributed by atoms with Gasteiger partial charge in [0.1, 0.15) is 0 Å². The van der Waals surface area contributed by atoms with Crippen molar-refractivity contribution in [2.24, 2.45) is 0 Å². The third kappa shape index (κ3) is 2.88. The van der Waals surface area contributed by atoms with Gasteiger partial charge in [-0.25, -0.2) is 13.2 Å². The van der Waals surface area contributed by atoms with E-state index >= 15 is 0 Å². The van der Waals surface area contributed by atoms with Gasteiger partial charge in [-0.15, -0.1) is 0 Å². The highest BCUT2D eigenvalue weighted by molar-refractivity contribution is 5.80. The molecular formula is C10H11F3N2O. The molecule has 0 atom stereocenters. The van der Waals surface area contributed by atoms with E-state index in [1.807, 2.05) is 0 Å². The molecule has 0 unspecified atom stereocenters. The molecule has 0 radical (unpaired) electrons. The second kappa shape index (κ2) is 5.39. The van der Waals surface area contributed by atoms with E-state index in [9.17, 15) is 18.0 Å². The minimum atomic E-state index is -1.55. The fraction of sp³-hybridized carbons (Fsp3) is 0.300. The first kappa shape index (κ1) is 12.4. The molecule has 0 aliphatic carbocycles. The molecule has 1 rings (SSSR count). The lowest BCUT2D eigenvalue weighted by Gasteiger charge is -2.07. The molecule has 0 heterocycles. The van der Waals surface area contributed by atoms with Crippen LogP contribution in [0.25, 0.3) is 0 Å². The van der Waals surface area contributed by atoms with Crippen molar-refractivity contribution in [2.75, 3.05) is 18.4 Å². The Kier molecular flexibility index (Phi) is 4.16. The normalized spacial score (nSPS) is 10.0. The van der Waals surface area contributed by atoms with Crippen molar-refractivity contribution in [3.63, 3.8) is 0 Å². The lowest BCUT2D eigenvalue weighted by atomic mass is 10.3. The van der Waals surface area contributed by atoms with E-state index in [2.05, 4.69) is 10.6 Å². The van der Waals surface area contributed by atoms with Gasteiger partial charge in [0.25, 0.3) is 0 Å². The van der Waals surface area contributed by atoms with Gasteiger partial charge < -0.3 is 10.6 Å². The first-order chi connectivity index (χ1) is 7.56. The van der Waals surface area contributed by atoms with Crippen LogP contribution >= 0.6 is 0 Å². The summed E-state index contributed by atoms with van der Waals surface area (Å²) in [6.07, 6.45) is 0. The third-order valence-electron chi connectivity index (χ3n) is 1.85. The fourth-order valence-corrected chi connectivity index (χ4v) is 1.10. The highest BCUT2D eigenvalue weighted by Crippen LogP contribution is 2.19. The Hall–Kier alpha value is -1.72. The number of hydrogen-bond acceptors (Lipinski definition) is 2. The molecule has 0 aromatic heterocycles. The van der Waals surface area contributed by atoms with Gasteiger partial charge in [0.2, 0.25) is 5.91 Å². The molecule has 0 saturated heterocycles. The Balaban J connectivity index is 2.68. The highest BCUT2D eigenvalue weighted by Gasteiger charge is 2.13. The molecule has 0 aliphatic rings. The van der Waals surface area contributed by atoms with Crippen LogP contribution in [0.3, 0.4) is 0 Å². The number of hydrogen-bond donors (Lipinski definition) is 2. The lowest BCUT2D eigenvalue weighted by Crippen LogP contribution is -2.29. The van der Waals surface area contributed by atoms with Gasteiger partial charge in [-0.1, -0.05) is 0 Å². The van der Waals surface area contributed by atoms with E-state index < -0.39 is 17.5 Å². The van der Waals surface area contributed by atoms with Gasteiger partial charge in [-0.05, 0) is 19.1 Å². The summed E-state index contributed by atoms with van der Waals surface area (Å²) >= 11 is 0. The molecule has 1 amide bonds. The largest absolute Gasteiger partial charge is 0.374 e. The van der Waals surface area contributed by atoms with E-state index in [0.717, 1.165) is 12.1 Å². The van der Waals surface area contributed by atoms with Crippen LogP contribution in [-0.2, 0) is 4.79 Å². The lowest BCUT2D eigenvalue weighted by molar-refractivity contribution is -0.119. The Morgan fingerprint density at radius 2 is 1.94 bits per heavy atom. The second-order valence-corrected chi connectivity index (χ2v) is 3.03. The topological polar surface area (TPSA) is 41.1 Å². The van der Waals surface area contributed by atoms with Gasteiger partial charge in [-0.2, -0.15) is 0 Å². The molecular weight excluding hydrogens is 221 g/mol. The second-order valence-electron chi connectivity index (χ2n) is 3.03. The minimum absolute atomic E-state index is 0.199. The maximum atomic E-state index is 13.1. The smallest absolute Gasteiger partial charge is 0.239 e. The van der Waals surface area contributed by atoms with Gasteiger partial charge in [-0.3, -0.25) is 4.79 Å². The predicted molar refractivity (Wildman–Crippen MR) is 53.5 cm³/mol. The van der Waals surface area contributed by atoms with Gasteiger partial charge >= 0.3 is 0 Å². The third-order valence-corrected chi connectivity index (χ3v) is 1.85. The summed E-state index contributed by atoms with van der Waals surface area (Å²) in [5.41, 5.74) is -0.245. The van der Waals surface area contributed by atoms with E-state index in [1.165, 1.54) is 0 Å². The van der Waals surface area contributed by atoms with E-state index in [1.54, 1.807) is 6.92 Å². The van der Waals surface area contributed by atoms with Gasteiger partial charge in [0.05, 0.1) is 12.2 Å². The van der Waals surface area contributed by atoms with Crippen molar-refractivity contribution < 1.29 is 18.0 Å². The van der Waals surface area contributed by atoms with Gasteiger partial charge in [0.15, 0.2) is 17.5 Å². The van der Waals surface area contributed by atoms with Crippen LogP contribution < -0.4 is 10.6 Å². The highest BCUT2D eigenvalue weighted by atomic mass is 19.2. The average Bonchev–Trinajstić information content (AvgIpc) is 2.25. The maximum Gasteiger partial charge on any atom is 0.239 e. The summed E-state index contributed by atoms with van der Waals surface area (Å²) in [6.45, 7) is 1.98. The average molecular weight is 232 g/mol. The van der Waals surface area contributed by atoms with Gasteiger partial charge in [0, 0.05) is 6.54 Å². The summed E-state index contributed by atoms with van der Waals surface area (Å²) in [6, 6.07) is 1.82. The molecule has 1 aromatic carbocycles. The number of amides is 1. The number of carbonyl (C=O) groups excluding carboxylic acids is 1. The number of carbonyl (C=O) groups is 1. The molecule has 88 valence electrons. The van der Waals surface area contributed by atoms with E-state index in [-0.39, 0.29) is 18.1 Å². The zero-order valence-corrected chi connectivity index (χ0v) is 8.61. The number of benzene rings is 1. The molecule has 16 heavy (non-hydrogen) atoms. The fourth-order valence-electron chi connectivity index (χ4n) is 1.10. The van der Waals surface area contributed by atoms with Crippen molar-refractivity contribution >= 4 is 11.6 Å². The zero-order valence-electron chi connectivity index (χ0n) is 8.61. The number of likely N-dealkylation sites (N-methyl/N-ethyl adjacent to an activating group) is 1. The van der Waals surface area contributed by atoms with Crippen molar-refractivity contribution in [3.05, 3.63) is 29.6 Å². The maximum absolute atomic E-state index is 13.1. The van der Waals surface area contributed by atoms with Crippen LogP contribution in [0, 0.1) is 17.5 Å². The van der Waals surface area contributed by atoms with E-state index in [4.69, 9.17) is 0 Å². The molecule has 1 aromatic rings. The standard InChI is InChI=1S/C10H11F3N2O/c1-2-14-8(16)5-15-7-4-3-6(11)9(12)10(7)13/h3-4,15H,2,5H2,1H3,(H,14,16). The molecule has 0 spiro atoms. The molecule has 2 N–H and O–H groups in total. The summed E-state index contributed by atoms with van der Waals surface area (Å²) < 4.78 is 38.4. The monoisotopic (exact) mass is 232 g/mol. The zero-order chi connectivity index (χ0) is 12.1. The first-order valence-corrected chi connectivity index (χ1v) is 4.70. The molecule has 0 aliphatic heterocycles. The molecule has 3 nitrogen and oxygen atoms in total. The van der Waals surface area contributed by atoms with Crippen LogP contribution in [0.4, 0.5) is 18.9 Å². The first-order valence-electron chi connectivity index (χ1n) is 4.70. The molecule has 6 heteroatoms. The Bertz CT molecular complexity index is 396. The summed E-state index contributed by atoms with van der Waals surface area (Å²) in [7, 11) is 0. The predicted octanol–water partition coefficient (Wildman–Crippen LogP) is 1.65. The number of anilines is 1. The van der Waals surface area contributed by atoms with Crippen molar-refractivity contribution in [3.8, 4) is 0 Å². The molecule has 0 bridgehead atoms. The summed E-state index contributed by atoms with van der Waals surface area (Å²) in [4.78, 5) is 11.0. The Labute approximate surface area is 90.6 Å². The van der Waals surface area contributed by atoms with E-state index in [0.29, 0.717) is 6.54 Å². The number of halogens is 3. The van der Waals surface area contributed by atoms with Crippen molar-refractivity contribution in [2.45, 2.75) is 6.92 Å². The SMILES string of the molecule is CCNC(=O)CNc1ccc(F)c(F)c1F. The van der Waals surface area contributed by atoms with Crippen LogP contribution in [0.5, 0.6) is 0 Å². The molecule has 0 saturated carbocycles. The Morgan fingerprint density at radius 3 is 2.56 bits per heavy atom. The van der Waals surface area contributed by atoms with Crippen LogP contribution in [-0.4, -0.2) is 19.0 Å². The molecule has 0 fully saturated rings. The number of nitrogens with one attached hydrogen (secondary N) is 2.